The van der Waals surface area contributed by atoms with Crippen molar-refractivity contribution in [2.24, 2.45) is 5.92 Å². The number of carboxylic acids is 1. The number of aryl methyl sites for hydroxylation is 2. The largest absolute Gasteiger partial charge is 0.481 e. The number of anilines is 1. The highest BCUT2D eigenvalue weighted by Crippen LogP contribution is 2.27. The van der Waals surface area contributed by atoms with Crippen LogP contribution in [0.1, 0.15) is 30.7 Å². The Hall–Kier alpha value is -1.72. The van der Waals surface area contributed by atoms with Crippen LogP contribution in [0.3, 0.4) is 0 Å². The molecule has 0 saturated heterocycles. The first-order chi connectivity index (χ1) is 8.06. The van der Waals surface area contributed by atoms with E-state index in [4.69, 9.17) is 5.11 Å². The highest BCUT2D eigenvalue weighted by atomic mass is 16.4. The van der Waals surface area contributed by atoms with Crippen molar-refractivity contribution in [3.63, 3.8) is 0 Å². The summed E-state index contributed by atoms with van der Waals surface area (Å²) in [6.45, 7) is 3.74. The van der Waals surface area contributed by atoms with Gasteiger partial charge in [0.2, 0.25) is 5.95 Å². The zero-order valence-electron chi connectivity index (χ0n) is 9.97. The first-order valence-electron chi connectivity index (χ1n) is 5.73. The predicted molar refractivity (Wildman–Crippen MR) is 61.7 cm³/mol. The summed E-state index contributed by atoms with van der Waals surface area (Å²) in [7, 11) is 0. The first-order valence-corrected chi connectivity index (χ1v) is 5.73. The molecule has 1 aromatic rings. The van der Waals surface area contributed by atoms with Crippen LogP contribution in [0.25, 0.3) is 0 Å². The van der Waals surface area contributed by atoms with Crippen molar-refractivity contribution in [3.05, 3.63) is 11.4 Å². The van der Waals surface area contributed by atoms with Gasteiger partial charge in [-0.3, -0.25) is 4.79 Å². The maximum absolute atomic E-state index is 10.8. The minimum Gasteiger partial charge on any atom is -0.481 e. The third kappa shape index (κ3) is 2.69. The van der Waals surface area contributed by atoms with E-state index in [-0.39, 0.29) is 12.0 Å². The third-order valence-electron chi connectivity index (χ3n) is 3.21. The Morgan fingerprint density at radius 2 is 2.06 bits per heavy atom. The summed E-state index contributed by atoms with van der Waals surface area (Å²) in [5.41, 5.74) is 1.65. The standard InChI is InChI=1S/C11H16N4O2/c1-6-7(2)14-15-11(12-6)13-9-4-3-8(5-9)10(16)17/h8-9H,3-5H2,1-2H3,(H,16,17)(H,12,13,15). The summed E-state index contributed by atoms with van der Waals surface area (Å²) in [6.07, 6.45) is 2.18. The fourth-order valence-electron chi connectivity index (χ4n) is 2.04. The summed E-state index contributed by atoms with van der Waals surface area (Å²) in [5, 5.41) is 20.0. The van der Waals surface area contributed by atoms with Gasteiger partial charge >= 0.3 is 5.97 Å². The van der Waals surface area contributed by atoms with Crippen molar-refractivity contribution in [2.75, 3.05) is 5.32 Å². The number of aromatic nitrogens is 3. The maximum atomic E-state index is 10.8. The highest BCUT2D eigenvalue weighted by Gasteiger charge is 2.30. The van der Waals surface area contributed by atoms with Crippen LogP contribution in [0, 0.1) is 19.8 Å². The summed E-state index contributed by atoms with van der Waals surface area (Å²) in [5.74, 6) is -0.468. The Kier molecular flexibility index (Phi) is 3.21. The average Bonchev–Trinajstić information content (AvgIpc) is 2.72. The monoisotopic (exact) mass is 236 g/mol. The molecule has 2 rings (SSSR count). The van der Waals surface area contributed by atoms with Gasteiger partial charge in [-0.05, 0) is 33.1 Å². The molecule has 92 valence electrons. The van der Waals surface area contributed by atoms with E-state index >= 15 is 0 Å². The van der Waals surface area contributed by atoms with Crippen LogP contribution in [-0.2, 0) is 4.79 Å². The van der Waals surface area contributed by atoms with Gasteiger partial charge in [-0.2, -0.15) is 5.10 Å². The van der Waals surface area contributed by atoms with E-state index in [2.05, 4.69) is 20.5 Å². The Morgan fingerprint density at radius 3 is 2.65 bits per heavy atom. The summed E-state index contributed by atoms with van der Waals surface area (Å²) >= 11 is 0. The van der Waals surface area contributed by atoms with Gasteiger partial charge in [-0.1, -0.05) is 0 Å². The van der Waals surface area contributed by atoms with Crippen LogP contribution < -0.4 is 5.32 Å². The van der Waals surface area contributed by atoms with E-state index in [0.717, 1.165) is 17.8 Å². The van der Waals surface area contributed by atoms with Crippen LogP contribution in [0.5, 0.6) is 0 Å². The Bertz CT molecular complexity index is 435. The molecule has 1 aliphatic rings. The number of carbonyl (C=O) groups is 1. The normalized spacial score (nSPS) is 23.6. The summed E-state index contributed by atoms with van der Waals surface area (Å²) in [6, 6.07) is 0.139. The van der Waals surface area contributed by atoms with Gasteiger partial charge in [0.1, 0.15) is 0 Å². The van der Waals surface area contributed by atoms with Gasteiger partial charge in [-0.15, -0.1) is 5.10 Å². The number of hydrogen-bond donors (Lipinski definition) is 2. The van der Waals surface area contributed by atoms with Crippen LogP contribution in [0.2, 0.25) is 0 Å². The van der Waals surface area contributed by atoms with Crippen molar-refractivity contribution in [1.29, 1.82) is 0 Å². The SMILES string of the molecule is Cc1nnc(NC2CCC(C(=O)O)C2)nc1C. The number of hydrogen-bond acceptors (Lipinski definition) is 5. The molecule has 1 heterocycles. The lowest BCUT2D eigenvalue weighted by Gasteiger charge is -2.12. The molecule has 1 aromatic heterocycles. The molecule has 0 radical (unpaired) electrons. The molecule has 2 atom stereocenters. The fraction of sp³-hybridized carbons (Fsp3) is 0.636. The second-order valence-electron chi connectivity index (χ2n) is 4.50. The van der Waals surface area contributed by atoms with E-state index in [1.165, 1.54) is 0 Å². The van der Waals surface area contributed by atoms with Crippen LogP contribution in [-0.4, -0.2) is 32.3 Å². The molecule has 0 spiro atoms. The maximum Gasteiger partial charge on any atom is 0.306 e. The van der Waals surface area contributed by atoms with Gasteiger partial charge in [0, 0.05) is 6.04 Å². The number of nitrogens with one attached hydrogen (secondary N) is 1. The van der Waals surface area contributed by atoms with Crippen LogP contribution in [0.4, 0.5) is 5.95 Å². The molecule has 1 fully saturated rings. The van der Waals surface area contributed by atoms with Gasteiger partial charge in [0.05, 0.1) is 17.3 Å². The smallest absolute Gasteiger partial charge is 0.306 e. The van der Waals surface area contributed by atoms with Crippen LogP contribution >= 0.6 is 0 Å². The van der Waals surface area contributed by atoms with Crippen molar-refractivity contribution < 1.29 is 9.90 Å². The Labute approximate surface area is 99.5 Å². The Morgan fingerprint density at radius 1 is 1.29 bits per heavy atom. The van der Waals surface area contributed by atoms with Crippen molar-refractivity contribution in [1.82, 2.24) is 15.2 Å². The molecular formula is C11H16N4O2. The second kappa shape index (κ2) is 4.65. The molecule has 1 aliphatic carbocycles. The average molecular weight is 236 g/mol. The number of carboxylic acid groups (broad SMARTS) is 1. The minimum absolute atomic E-state index is 0.139. The minimum atomic E-state index is -0.714. The third-order valence-corrected chi connectivity index (χ3v) is 3.21. The fourth-order valence-corrected chi connectivity index (χ4v) is 2.04. The molecule has 0 aromatic carbocycles. The number of nitrogens with zero attached hydrogens (tertiary/aromatic N) is 3. The molecule has 0 aliphatic heterocycles. The molecule has 0 amide bonds. The molecule has 17 heavy (non-hydrogen) atoms. The van der Waals surface area contributed by atoms with Gasteiger partial charge in [0.15, 0.2) is 0 Å². The van der Waals surface area contributed by atoms with E-state index in [9.17, 15) is 4.79 Å². The van der Waals surface area contributed by atoms with Gasteiger partial charge in [-0.25, -0.2) is 4.98 Å². The van der Waals surface area contributed by atoms with Crippen molar-refractivity contribution >= 4 is 11.9 Å². The lowest BCUT2D eigenvalue weighted by Crippen LogP contribution is -2.20. The van der Waals surface area contributed by atoms with Crippen molar-refractivity contribution in [2.45, 2.75) is 39.2 Å². The zero-order valence-corrected chi connectivity index (χ0v) is 9.97. The summed E-state index contributed by atoms with van der Waals surface area (Å²) < 4.78 is 0. The topological polar surface area (TPSA) is 88.0 Å². The summed E-state index contributed by atoms with van der Waals surface area (Å²) in [4.78, 5) is 15.1. The predicted octanol–water partition coefficient (Wildman–Crippen LogP) is 1.15. The number of aliphatic carboxylic acids is 1. The first kappa shape index (κ1) is 11.8. The van der Waals surface area contributed by atoms with Crippen molar-refractivity contribution in [3.8, 4) is 0 Å². The van der Waals surface area contributed by atoms with Gasteiger partial charge in [0.25, 0.3) is 0 Å². The quantitative estimate of drug-likeness (QED) is 0.818. The van der Waals surface area contributed by atoms with Gasteiger partial charge < -0.3 is 10.4 Å². The van der Waals surface area contributed by atoms with E-state index in [1.54, 1.807) is 0 Å². The van der Waals surface area contributed by atoms with E-state index in [0.29, 0.717) is 18.8 Å². The lowest BCUT2D eigenvalue weighted by molar-refractivity contribution is -0.141. The zero-order chi connectivity index (χ0) is 12.4. The highest BCUT2D eigenvalue weighted by molar-refractivity contribution is 5.70. The molecule has 0 bridgehead atoms. The molecule has 2 N–H and O–H groups in total. The molecule has 2 unspecified atom stereocenters. The molecular weight excluding hydrogens is 220 g/mol. The van der Waals surface area contributed by atoms with Crippen LogP contribution in [0.15, 0.2) is 0 Å². The molecule has 6 nitrogen and oxygen atoms in total. The number of rotatable bonds is 3. The Balaban J connectivity index is 1.98. The lowest BCUT2D eigenvalue weighted by atomic mass is 10.1. The van der Waals surface area contributed by atoms with E-state index in [1.807, 2.05) is 13.8 Å². The second-order valence-corrected chi connectivity index (χ2v) is 4.50. The molecule has 6 heteroatoms. The van der Waals surface area contributed by atoms with E-state index < -0.39 is 5.97 Å². The molecule has 1 saturated carbocycles.